The Morgan fingerprint density at radius 3 is 2.65 bits per heavy atom. The van der Waals surface area contributed by atoms with Gasteiger partial charge in [0.15, 0.2) is 17.3 Å². The number of carbonyl (C=O) groups is 1. The van der Waals surface area contributed by atoms with Gasteiger partial charge >= 0.3 is 0 Å². The van der Waals surface area contributed by atoms with Crippen molar-refractivity contribution in [2.75, 3.05) is 33.0 Å². The van der Waals surface area contributed by atoms with Gasteiger partial charge in [0, 0.05) is 32.7 Å². The molecule has 120 valence electrons. The minimum Gasteiger partial charge on any atom is -0.459 e. The predicted molar refractivity (Wildman–Crippen MR) is 82.5 cm³/mol. The van der Waals surface area contributed by atoms with E-state index in [2.05, 4.69) is 11.0 Å². The summed E-state index contributed by atoms with van der Waals surface area (Å²) in [5.74, 6) is 2.00. The molecular formula is C17H18N2O4. The topological polar surface area (TPSA) is 55.2 Å². The summed E-state index contributed by atoms with van der Waals surface area (Å²) < 4.78 is 15.9. The summed E-state index contributed by atoms with van der Waals surface area (Å²) in [6.45, 7) is 4.27. The Balaban J connectivity index is 1.34. The van der Waals surface area contributed by atoms with Crippen LogP contribution in [0.2, 0.25) is 0 Å². The lowest BCUT2D eigenvalue weighted by molar-refractivity contribution is 0.0598. The molecule has 0 atom stereocenters. The lowest BCUT2D eigenvalue weighted by atomic mass is 10.1. The van der Waals surface area contributed by atoms with Crippen LogP contribution in [0.4, 0.5) is 0 Å². The highest BCUT2D eigenvalue weighted by Gasteiger charge is 2.24. The number of hydrogen-bond acceptors (Lipinski definition) is 5. The van der Waals surface area contributed by atoms with Crippen LogP contribution < -0.4 is 9.47 Å². The van der Waals surface area contributed by atoms with Crippen molar-refractivity contribution in [3.63, 3.8) is 0 Å². The van der Waals surface area contributed by atoms with Gasteiger partial charge in [-0.15, -0.1) is 0 Å². The van der Waals surface area contributed by atoms with Crippen LogP contribution in [0.3, 0.4) is 0 Å². The van der Waals surface area contributed by atoms with E-state index in [1.165, 1.54) is 11.8 Å². The predicted octanol–water partition coefficient (Wildman–Crippen LogP) is 1.97. The molecule has 2 aromatic rings. The summed E-state index contributed by atoms with van der Waals surface area (Å²) in [6, 6.07) is 9.50. The zero-order chi connectivity index (χ0) is 15.6. The minimum atomic E-state index is -0.0299. The maximum absolute atomic E-state index is 12.2. The van der Waals surface area contributed by atoms with E-state index in [1.807, 2.05) is 17.0 Å². The van der Waals surface area contributed by atoms with Gasteiger partial charge in [0.1, 0.15) is 0 Å². The van der Waals surface area contributed by atoms with Crippen LogP contribution >= 0.6 is 0 Å². The molecule has 1 amide bonds. The zero-order valence-electron chi connectivity index (χ0n) is 12.7. The SMILES string of the molecule is O=C(c1ccco1)N1CCN(Cc2ccc3c(c2)OCO3)CC1. The highest BCUT2D eigenvalue weighted by atomic mass is 16.7. The van der Waals surface area contributed by atoms with Gasteiger partial charge in [-0.2, -0.15) is 0 Å². The van der Waals surface area contributed by atoms with Crippen LogP contribution in [0.15, 0.2) is 41.0 Å². The molecule has 23 heavy (non-hydrogen) atoms. The third kappa shape index (κ3) is 2.90. The number of nitrogens with zero attached hydrogens (tertiary/aromatic N) is 2. The number of furan rings is 1. The van der Waals surface area contributed by atoms with Crippen molar-refractivity contribution in [2.24, 2.45) is 0 Å². The first-order valence-electron chi connectivity index (χ1n) is 7.73. The van der Waals surface area contributed by atoms with Crippen LogP contribution in [-0.2, 0) is 6.54 Å². The van der Waals surface area contributed by atoms with E-state index in [0.29, 0.717) is 25.6 Å². The van der Waals surface area contributed by atoms with Gasteiger partial charge < -0.3 is 18.8 Å². The summed E-state index contributed by atoms with van der Waals surface area (Å²) in [5.41, 5.74) is 1.19. The molecule has 0 bridgehead atoms. The first-order chi connectivity index (χ1) is 11.3. The standard InChI is InChI=1S/C17H18N2O4/c20-17(15-2-1-9-21-15)19-7-5-18(6-8-19)11-13-3-4-14-16(10-13)23-12-22-14/h1-4,9-10H,5-8,11-12H2. The molecule has 2 aliphatic heterocycles. The van der Waals surface area contributed by atoms with Crippen molar-refractivity contribution in [1.82, 2.24) is 9.80 Å². The lowest BCUT2D eigenvalue weighted by Gasteiger charge is -2.34. The van der Waals surface area contributed by atoms with Crippen molar-refractivity contribution in [2.45, 2.75) is 6.54 Å². The maximum Gasteiger partial charge on any atom is 0.289 e. The number of rotatable bonds is 3. The van der Waals surface area contributed by atoms with Crippen molar-refractivity contribution in [3.8, 4) is 11.5 Å². The molecule has 2 aliphatic rings. The first kappa shape index (κ1) is 14.1. The van der Waals surface area contributed by atoms with E-state index >= 15 is 0 Å². The van der Waals surface area contributed by atoms with Gasteiger partial charge in [-0.05, 0) is 29.8 Å². The Kier molecular flexibility index (Phi) is 3.67. The van der Waals surface area contributed by atoms with Crippen molar-refractivity contribution in [3.05, 3.63) is 47.9 Å². The van der Waals surface area contributed by atoms with Crippen LogP contribution in [0.5, 0.6) is 11.5 Å². The summed E-state index contributed by atoms with van der Waals surface area (Å²) in [7, 11) is 0. The second-order valence-electron chi connectivity index (χ2n) is 5.73. The fourth-order valence-electron chi connectivity index (χ4n) is 2.96. The monoisotopic (exact) mass is 314 g/mol. The fraction of sp³-hybridized carbons (Fsp3) is 0.353. The van der Waals surface area contributed by atoms with E-state index < -0.39 is 0 Å². The van der Waals surface area contributed by atoms with E-state index in [-0.39, 0.29) is 5.91 Å². The Hall–Kier alpha value is -2.47. The van der Waals surface area contributed by atoms with Crippen LogP contribution in [-0.4, -0.2) is 48.7 Å². The molecule has 4 rings (SSSR count). The van der Waals surface area contributed by atoms with Gasteiger partial charge in [-0.1, -0.05) is 6.07 Å². The van der Waals surface area contributed by atoms with Gasteiger partial charge in [-0.3, -0.25) is 9.69 Å². The van der Waals surface area contributed by atoms with Crippen LogP contribution in [0.25, 0.3) is 0 Å². The summed E-state index contributed by atoms with van der Waals surface area (Å²) >= 11 is 0. The van der Waals surface area contributed by atoms with Crippen LogP contribution in [0, 0.1) is 0 Å². The lowest BCUT2D eigenvalue weighted by Crippen LogP contribution is -2.48. The first-order valence-corrected chi connectivity index (χ1v) is 7.73. The third-order valence-corrected chi connectivity index (χ3v) is 4.23. The van der Waals surface area contributed by atoms with Crippen molar-refractivity contribution >= 4 is 5.91 Å². The largest absolute Gasteiger partial charge is 0.459 e. The molecule has 0 saturated carbocycles. The number of carbonyl (C=O) groups excluding carboxylic acids is 1. The van der Waals surface area contributed by atoms with Crippen molar-refractivity contribution < 1.29 is 18.7 Å². The molecule has 6 nitrogen and oxygen atoms in total. The van der Waals surface area contributed by atoms with Crippen molar-refractivity contribution in [1.29, 1.82) is 0 Å². The molecule has 0 unspecified atom stereocenters. The molecule has 6 heteroatoms. The quantitative estimate of drug-likeness (QED) is 0.867. The van der Waals surface area contributed by atoms with Crippen LogP contribution in [0.1, 0.15) is 16.1 Å². The molecular weight excluding hydrogens is 296 g/mol. The highest BCUT2D eigenvalue weighted by Crippen LogP contribution is 2.32. The number of amides is 1. The number of piperazine rings is 1. The molecule has 1 aromatic carbocycles. The minimum absolute atomic E-state index is 0.0299. The Morgan fingerprint density at radius 2 is 1.87 bits per heavy atom. The maximum atomic E-state index is 12.2. The van der Waals surface area contributed by atoms with E-state index in [1.54, 1.807) is 12.1 Å². The highest BCUT2D eigenvalue weighted by molar-refractivity contribution is 5.91. The molecule has 0 N–H and O–H groups in total. The molecule has 3 heterocycles. The molecule has 0 aliphatic carbocycles. The van der Waals surface area contributed by atoms with Gasteiger partial charge in [0.2, 0.25) is 6.79 Å². The summed E-state index contributed by atoms with van der Waals surface area (Å²) in [4.78, 5) is 16.4. The van der Waals surface area contributed by atoms with Gasteiger partial charge in [0.25, 0.3) is 5.91 Å². The fourth-order valence-corrected chi connectivity index (χ4v) is 2.96. The van der Waals surface area contributed by atoms with Gasteiger partial charge in [0.05, 0.1) is 6.26 Å². The molecule has 1 aromatic heterocycles. The molecule has 1 saturated heterocycles. The number of fused-ring (bicyclic) bond motifs is 1. The molecule has 0 radical (unpaired) electrons. The number of ether oxygens (including phenoxy) is 2. The Labute approximate surface area is 134 Å². The smallest absolute Gasteiger partial charge is 0.289 e. The second kappa shape index (κ2) is 5.96. The number of benzene rings is 1. The summed E-state index contributed by atoms with van der Waals surface area (Å²) in [5, 5.41) is 0. The molecule has 0 spiro atoms. The Morgan fingerprint density at radius 1 is 1.04 bits per heavy atom. The molecule has 1 fully saturated rings. The summed E-state index contributed by atoms with van der Waals surface area (Å²) in [6.07, 6.45) is 1.53. The normalized spacial score (nSPS) is 17.5. The zero-order valence-corrected chi connectivity index (χ0v) is 12.7. The average molecular weight is 314 g/mol. The second-order valence-corrected chi connectivity index (χ2v) is 5.73. The number of hydrogen-bond donors (Lipinski definition) is 0. The van der Waals surface area contributed by atoms with E-state index in [0.717, 1.165) is 31.1 Å². The third-order valence-electron chi connectivity index (χ3n) is 4.23. The Bertz CT molecular complexity index is 691. The van der Waals surface area contributed by atoms with E-state index in [4.69, 9.17) is 13.9 Å². The average Bonchev–Trinajstić information content (AvgIpc) is 3.26. The van der Waals surface area contributed by atoms with E-state index in [9.17, 15) is 4.79 Å². The van der Waals surface area contributed by atoms with Gasteiger partial charge in [-0.25, -0.2) is 0 Å².